The van der Waals surface area contributed by atoms with Gasteiger partial charge in [0.15, 0.2) is 0 Å². The van der Waals surface area contributed by atoms with Gasteiger partial charge in [0.25, 0.3) is 10.1 Å². The predicted octanol–water partition coefficient (Wildman–Crippen LogP) is 1.21. The average molecular weight is 246 g/mol. The van der Waals surface area contributed by atoms with Crippen LogP contribution in [-0.2, 0) is 21.3 Å². The second-order valence-electron chi connectivity index (χ2n) is 3.11. The molecule has 90 valence electrons. The SMILES string of the molecule is CS(=O)(=O)O.O=C(O)CCc1ccccc1. The summed E-state index contributed by atoms with van der Waals surface area (Å²) in [6.07, 6.45) is 1.55. The lowest BCUT2D eigenvalue weighted by Crippen LogP contribution is -1.96. The molecule has 6 heteroatoms. The summed E-state index contributed by atoms with van der Waals surface area (Å²) < 4.78 is 25.9. The van der Waals surface area contributed by atoms with Crippen LogP contribution in [0.3, 0.4) is 0 Å². The predicted molar refractivity (Wildman–Crippen MR) is 59.9 cm³/mol. The van der Waals surface area contributed by atoms with Gasteiger partial charge in [-0.1, -0.05) is 30.3 Å². The van der Waals surface area contributed by atoms with Gasteiger partial charge >= 0.3 is 5.97 Å². The lowest BCUT2D eigenvalue weighted by Gasteiger charge is -1.95. The Balaban J connectivity index is 0.000000385. The van der Waals surface area contributed by atoms with Gasteiger partial charge in [0, 0.05) is 6.42 Å². The molecule has 16 heavy (non-hydrogen) atoms. The van der Waals surface area contributed by atoms with Crippen LogP contribution >= 0.6 is 0 Å². The Bertz CT molecular complexity index is 402. The summed E-state index contributed by atoms with van der Waals surface area (Å²) in [6.45, 7) is 0. The Morgan fingerprint density at radius 2 is 1.69 bits per heavy atom. The van der Waals surface area contributed by atoms with Crippen LogP contribution in [0.5, 0.6) is 0 Å². The first-order valence-corrected chi connectivity index (χ1v) is 6.32. The van der Waals surface area contributed by atoms with Gasteiger partial charge in [-0.15, -0.1) is 0 Å². The van der Waals surface area contributed by atoms with Crippen molar-refractivity contribution in [1.29, 1.82) is 0 Å². The Kier molecular flexibility index (Phi) is 6.36. The highest BCUT2D eigenvalue weighted by molar-refractivity contribution is 7.85. The standard InChI is InChI=1S/C9H10O2.CH4O3S/c10-9(11)7-6-8-4-2-1-3-5-8;1-5(2,3)4/h1-5H,6-7H2,(H,10,11);1H3,(H,2,3,4). The fourth-order valence-corrected chi connectivity index (χ4v) is 0.896. The van der Waals surface area contributed by atoms with Gasteiger partial charge < -0.3 is 5.11 Å². The summed E-state index contributed by atoms with van der Waals surface area (Å²) in [7, 11) is -3.67. The third-order valence-corrected chi connectivity index (χ3v) is 1.47. The minimum absolute atomic E-state index is 0.212. The topological polar surface area (TPSA) is 91.7 Å². The van der Waals surface area contributed by atoms with Gasteiger partial charge in [-0.05, 0) is 12.0 Å². The van der Waals surface area contributed by atoms with Gasteiger partial charge in [0.1, 0.15) is 0 Å². The second kappa shape index (κ2) is 6.97. The highest BCUT2D eigenvalue weighted by atomic mass is 32.2. The Labute approximate surface area is 94.5 Å². The lowest BCUT2D eigenvalue weighted by atomic mass is 10.1. The summed E-state index contributed by atoms with van der Waals surface area (Å²) in [6, 6.07) is 9.62. The van der Waals surface area contributed by atoms with Crippen molar-refractivity contribution >= 4 is 16.1 Å². The van der Waals surface area contributed by atoms with E-state index >= 15 is 0 Å². The van der Waals surface area contributed by atoms with Crippen LogP contribution in [0.15, 0.2) is 30.3 Å². The maximum Gasteiger partial charge on any atom is 0.303 e. The van der Waals surface area contributed by atoms with E-state index in [4.69, 9.17) is 9.66 Å². The molecule has 0 aromatic heterocycles. The Morgan fingerprint density at radius 1 is 1.25 bits per heavy atom. The first-order valence-electron chi connectivity index (χ1n) is 4.47. The van der Waals surface area contributed by atoms with Crippen LogP contribution in [-0.4, -0.2) is 30.3 Å². The molecule has 0 aliphatic carbocycles. The van der Waals surface area contributed by atoms with Crippen molar-refractivity contribution in [3.8, 4) is 0 Å². The second-order valence-corrected chi connectivity index (χ2v) is 4.58. The molecule has 1 aromatic carbocycles. The maximum absolute atomic E-state index is 10.2. The number of aliphatic carboxylic acids is 1. The van der Waals surface area contributed by atoms with Crippen molar-refractivity contribution in [1.82, 2.24) is 0 Å². The smallest absolute Gasteiger partial charge is 0.303 e. The first kappa shape index (κ1) is 14.6. The molecule has 2 N–H and O–H groups in total. The number of hydrogen-bond acceptors (Lipinski definition) is 3. The zero-order valence-electron chi connectivity index (χ0n) is 8.83. The van der Waals surface area contributed by atoms with Crippen LogP contribution in [0.4, 0.5) is 0 Å². The van der Waals surface area contributed by atoms with Gasteiger partial charge in [0.05, 0.1) is 6.26 Å². The van der Waals surface area contributed by atoms with E-state index in [2.05, 4.69) is 0 Å². The molecule has 0 unspecified atom stereocenters. The summed E-state index contributed by atoms with van der Waals surface area (Å²) in [5.74, 6) is -0.742. The van der Waals surface area contributed by atoms with E-state index in [0.29, 0.717) is 12.7 Å². The number of rotatable bonds is 3. The van der Waals surface area contributed by atoms with Crippen molar-refractivity contribution in [3.63, 3.8) is 0 Å². The zero-order chi connectivity index (χ0) is 12.6. The van der Waals surface area contributed by atoms with Crippen molar-refractivity contribution in [2.45, 2.75) is 12.8 Å². The monoisotopic (exact) mass is 246 g/mol. The molecule has 0 heterocycles. The van der Waals surface area contributed by atoms with E-state index in [1.165, 1.54) is 0 Å². The first-order chi connectivity index (χ1) is 7.29. The molecule has 0 aliphatic heterocycles. The fourth-order valence-electron chi connectivity index (χ4n) is 0.896. The van der Waals surface area contributed by atoms with Gasteiger partial charge in [-0.2, -0.15) is 8.42 Å². The summed E-state index contributed by atoms with van der Waals surface area (Å²) in [5.41, 5.74) is 1.08. The fraction of sp³-hybridized carbons (Fsp3) is 0.300. The van der Waals surface area contributed by atoms with Crippen molar-refractivity contribution < 1.29 is 22.9 Å². The molecular weight excluding hydrogens is 232 g/mol. The van der Waals surface area contributed by atoms with Gasteiger partial charge in [-0.25, -0.2) is 0 Å². The zero-order valence-corrected chi connectivity index (χ0v) is 9.64. The quantitative estimate of drug-likeness (QED) is 0.782. The minimum Gasteiger partial charge on any atom is -0.481 e. The Morgan fingerprint density at radius 3 is 2.06 bits per heavy atom. The van der Waals surface area contributed by atoms with E-state index in [9.17, 15) is 13.2 Å². The molecule has 0 spiro atoms. The molecule has 0 radical (unpaired) electrons. The van der Waals surface area contributed by atoms with Crippen LogP contribution in [0.1, 0.15) is 12.0 Å². The summed E-state index contributed by atoms with van der Waals surface area (Å²) >= 11 is 0. The molecular formula is C10H14O5S. The number of carboxylic acid groups (broad SMARTS) is 1. The molecule has 0 bridgehead atoms. The van der Waals surface area contributed by atoms with E-state index in [-0.39, 0.29) is 6.42 Å². The molecule has 0 amide bonds. The Hall–Kier alpha value is -1.40. The molecule has 0 saturated heterocycles. The molecule has 1 rings (SSSR count). The largest absolute Gasteiger partial charge is 0.481 e. The van der Waals surface area contributed by atoms with Crippen molar-refractivity contribution in [3.05, 3.63) is 35.9 Å². The van der Waals surface area contributed by atoms with Crippen molar-refractivity contribution in [2.24, 2.45) is 0 Å². The third kappa shape index (κ3) is 12.6. The normalized spacial score (nSPS) is 10.1. The van der Waals surface area contributed by atoms with Crippen molar-refractivity contribution in [2.75, 3.05) is 6.26 Å². The van der Waals surface area contributed by atoms with E-state index in [1.807, 2.05) is 30.3 Å². The van der Waals surface area contributed by atoms with Gasteiger partial charge in [0.2, 0.25) is 0 Å². The average Bonchev–Trinajstić information content (AvgIpc) is 2.14. The summed E-state index contributed by atoms with van der Waals surface area (Å²) in [4.78, 5) is 10.2. The lowest BCUT2D eigenvalue weighted by molar-refractivity contribution is -0.136. The van der Waals surface area contributed by atoms with Gasteiger partial charge in [-0.3, -0.25) is 9.35 Å². The number of carbonyl (C=O) groups is 1. The highest BCUT2D eigenvalue weighted by Gasteiger charge is 1.96. The summed E-state index contributed by atoms with van der Waals surface area (Å²) in [5, 5.41) is 8.37. The molecule has 0 aliphatic rings. The van der Waals surface area contributed by atoms with Crippen LogP contribution in [0.25, 0.3) is 0 Å². The number of carboxylic acids is 1. The van der Waals surface area contributed by atoms with Crippen LogP contribution in [0, 0.1) is 0 Å². The van der Waals surface area contributed by atoms with Crippen LogP contribution in [0.2, 0.25) is 0 Å². The van der Waals surface area contributed by atoms with E-state index in [0.717, 1.165) is 5.56 Å². The maximum atomic E-state index is 10.2. The minimum atomic E-state index is -3.67. The molecule has 5 nitrogen and oxygen atoms in total. The third-order valence-electron chi connectivity index (χ3n) is 1.47. The highest BCUT2D eigenvalue weighted by Crippen LogP contribution is 2.01. The number of hydrogen-bond donors (Lipinski definition) is 2. The number of benzene rings is 1. The molecule has 0 atom stereocenters. The molecule has 1 aromatic rings. The molecule has 0 fully saturated rings. The molecule has 0 saturated carbocycles. The van der Waals surface area contributed by atoms with Crippen LogP contribution < -0.4 is 0 Å². The number of aryl methyl sites for hydroxylation is 1. The van der Waals surface area contributed by atoms with E-state index < -0.39 is 16.1 Å². The van der Waals surface area contributed by atoms with E-state index in [1.54, 1.807) is 0 Å².